The Labute approximate surface area is 89.9 Å². The van der Waals surface area contributed by atoms with Gasteiger partial charge in [-0.3, -0.25) is 9.48 Å². The van der Waals surface area contributed by atoms with E-state index in [2.05, 4.69) is 5.10 Å². The highest BCUT2D eigenvalue weighted by Gasteiger charge is 2.19. The first-order valence-corrected chi connectivity index (χ1v) is 5.22. The number of aromatic nitrogens is 2. The van der Waals surface area contributed by atoms with Crippen LogP contribution < -0.4 is 0 Å². The minimum absolute atomic E-state index is 0.192. The second kappa shape index (κ2) is 4.96. The molecule has 0 amide bonds. The fraction of sp³-hybridized carbons (Fsp3) is 0.636. The first-order chi connectivity index (χ1) is 7.02. The van der Waals surface area contributed by atoms with Gasteiger partial charge >= 0.3 is 5.97 Å². The van der Waals surface area contributed by atoms with Gasteiger partial charge in [-0.1, -0.05) is 13.8 Å². The third-order valence-corrected chi connectivity index (χ3v) is 3.02. The fourth-order valence-electron chi connectivity index (χ4n) is 1.52. The first-order valence-electron chi connectivity index (χ1n) is 5.22. The van der Waals surface area contributed by atoms with Crippen LogP contribution in [0.15, 0.2) is 12.3 Å². The predicted molar refractivity (Wildman–Crippen MR) is 57.5 cm³/mol. The fourth-order valence-corrected chi connectivity index (χ4v) is 1.52. The van der Waals surface area contributed by atoms with E-state index >= 15 is 0 Å². The summed E-state index contributed by atoms with van der Waals surface area (Å²) in [6.07, 6.45) is 3.53. The first kappa shape index (κ1) is 11.8. The summed E-state index contributed by atoms with van der Waals surface area (Å²) in [7, 11) is 1.90. The largest absolute Gasteiger partial charge is 0.481 e. The molecule has 0 aliphatic rings. The summed E-state index contributed by atoms with van der Waals surface area (Å²) in [5.74, 6) is -0.803. The minimum atomic E-state index is -0.715. The third-order valence-electron chi connectivity index (χ3n) is 3.02. The van der Waals surface area contributed by atoms with Crippen molar-refractivity contribution in [3.8, 4) is 0 Å². The van der Waals surface area contributed by atoms with Gasteiger partial charge in [0.05, 0.1) is 5.92 Å². The van der Waals surface area contributed by atoms with Crippen molar-refractivity contribution in [3.63, 3.8) is 0 Å². The summed E-state index contributed by atoms with van der Waals surface area (Å²) in [6, 6.07) is 1.97. The van der Waals surface area contributed by atoms with Gasteiger partial charge in [-0.15, -0.1) is 0 Å². The quantitative estimate of drug-likeness (QED) is 0.805. The summed E-state index contributed by atoms with van der Waals surface area (Å²) in [4.78, 5) is 10.8. The Bertz CT molecular complexity index is 333. The summed E-state index contributed by atoms with van der Waals surface area (Å²) in [5.41, 5.74) is 1.15. The number of rotatable bonds is 5. The van der Waals surface area contributed by atoms with Gasteiger partial charge in [-0.05, 0) is 24.8 Å². The summed E-state index contributed by atoms with van der Waals surface area (Å²) in [5, 5.41) is 12.9. The molecule has 0 saturated carbocycles. The Balaban J connectivity index is 2.44. The third kappa shape index (κ3) is 3.08. The van der Waals surface area contributed by atoms with Gasteiger partial charge in [0.1, 0.15) is 0 Å². The van der Waals surface area contributed by atoms with Gasteiger partial charge in [0.2, 0.25) is 0 Å². The molecule has 1 rings (SSSR count). The van der Waals surface area contributed by atoms with Crippen LogP contribution in [0.4, 0.5) is 0 Å². The highest BCUT2D eigenvalue weighted by atomic mass is 16.4. The zero-order chi connectivity index (χ0) is 11.4. The van der Waals surface area contributed by atoms with Crippen molar-refractivity contribution in [1.29, 1.82) is 0 Å². The van der Waals surface area contributed by atoms with Gasteiger partial charge in [0.15, 0.2) is 0 Å². The maximum Gasteiger partial charge on any atom is 0.306 e. The minimum Gasteiger partial charge on any atom is -0.481 e. The molecule has 1 heterocycles. The number of carboxylic acid groups (broad SMARTS) is 1. The Morgan fingerprint density at radius 3 is 2.73 bits per heavy atom. The van der Waals surface area contributed by atoms with Crippen molar-refractivity contribution in [1.82, 2.24) is 9.78 Å². The van der Waals surface area contributed by atoms with Crippen LogP contribution >= 0.6 is 0 Å². The molecule has 0 aliphatic carbocycles. The van der Waals surface area contributed by atoms with Crippen LogP contribution in [0.25, 0.3) is 0 Å². The molecule has 2 unspecified atom stereocenters. The average molecular weight is 210 g/mol. The molecular formula is C11H18N2O2. The van der Waals surface area contributed by atoms with Crippen LogP contribution in [-0.4, -0.2) is 20.9 Å². The molecule has 4 heteroatoms. The summed E-state index contributed by atoms with van der Waals surface area (Å²) < 4.78 is 1.83. The standard InChI is InChI=1S/C11H18N2O2/c1-8(9(2)11(14)15)4-5-10-6-7-12-13(10)3/h6-9H,4-5H2,1-3H3,(H,14,15). The van der Waals surface area contributed by atoms with Crippen LogP contribution in [0.1, 0.15) is 26.0 Å². The van der Waals surface area contributed by atoms with Crippen molar-refractivity contribution in [3.05, 3.63) is 18.0 Å². The molecule has 0 saturated heterocycles. The van der Waals surface area contributed by atoms with Crippen LogP contribution in [0.3, 0.4) is 0 Å². The molecule has 0 radical (unpaired) electrons. The second-order valence-electron chi connectivity index (χ2n) is 4.09. The number of aryl methyl sites for hydroxylation is 2. The molecule has 0 bridgehead atoms. The molecule has 2 atom stereocenters. The number of aliphatic carboxylic acids is 1. The second-order valence-corrected chi connectivity index (χ2v) is 4.09. The average Bonchev–Trinajstić information content (AvgIpc) is 2.59. The number of carbonyl (C=O) groups is 1. The van der Waals surface area contributed by atoms with Crippen molar-refractivity contribution in [2.24, 2.45) is 18.9 Å². The predicted octanol–water partition coefficient (Wildman–Crippen LogP) is 1.71. The zero-order valence-corrected chi connectivity index (χ0v) is 9.47. The molecule has 1 aromatic rings. The topological polar surface area (TPSA) is 55.1 Å². The smallest absolute Gasteiger partial charge is 0.306 e. The molecule has 84 valence electrons. The van der Waals surface area contributed by atoms with E-state index in [0.717, 1.165) is 18.5 Å². The van der Waals surface area contributed by atoms with Crippen molar-refractivity contribution < 1.29 is 9.90 Å². The zero-order valence-electron chi connectivity index (χ0n) is 9.47. The van der Waals surface area contributed by atoms with Crippen molar-refractivity contribution in [2.75, 3.05) is 0 Å². The lowest BCUT2D eigenvalue weighted by molar-refractivity contribution is -0.142. The van der Waals surface area contributed by atoms with Gasteiger partial charge in [0, 0.05) is 18.9 Å². The molecule has 0 aromatic carbocycles. The highest BCUT2D eigenvalue weighted by Crippen LogP contribution is 2.17. The maximum atomic E-state index is 10.8. The van der Waals surface area contributed by atoms with E-state index in [0.29, 0.717) is 0 Å². The van der Waals surface area contributed by atoms with Crippen LogP contribution in [0.2, 0.25) is 0 Å². The Morgan fingerprint density at radius 1 is 1.60 bits per heavy atom. The van der Waals surface area contributed by atoms with E-state index < -0.39 is 5.97 Å². The monoisotopic (exact) mass is 210 g/mol. The molecule has 4 nitrogen and oxygen atoms in total. The number of hydrogen-bond acceptors (Lipinski definition) is 2. The Hall–Kier alpha value is -1.32. The number of carboxylic acids is 1. The van der Waals surface area contributed by atoms with Gasteiger partial charge < -0.3 is 5.11 Å². The molecule has 0 spiro atoms. The molecular weight excluding hydrogens is 192 g/mol. The molecule has 0 fully saturated rings. The van der Waals surface area contributed by atoms with Gasteiger partial charge in [0.25, 0.3) is 0 Å². The lowest BCUT2D eigenvalue weighted by Crippen LogP contribution is -2.19. The van der Waals surface area contributed by atoms with Gasteiger partial charge in [-0.2, -0.15) is 5.10 Å². The van der Waals surface area contributed by atoms with Crippen LogP contribution in [0.5, 0.6) is 0 Å². The van der Waals surface area contributed by atoms with E-state index in [1.54, 1.807) is 13.1 Å². The van der Waals surface area contributed by atoms with Crippen molar-refractivity contribution >= 4 is 5.97 Å². The normalized spacial score (nSPS) is 14.9. The maximum absolute atomic E-state index is 10.8. The van der Waals surface area contributed by atoms with E-state index in [1.165, 1.54) is 0 Å². The molecule has 1 N–H and O–H groups in total. The summed E-state index contributed by atoms with van der Waals surface area (Å²) >= 11 is 0. The molecule has 1 aromatic heterocycles. The lowest BCUT2D eigenvalue weighted by Gasteiger charge is -2.15. The molecule has 15 heavy (non-hydrogen) atoms. The lowest BCUT2D eigenvalue weighted by atomic mass is 9.91. The van der Waals surface area contributed by atoms with E-state index in [4.69, 9.17) is 5.11 Å². The SMILES string of the molecule is CC(CCc1ccnn1C)C(C)C(=O)O. The number of hydrogen-bond donors (Lipinski definition) is 1. The highest BCUT2D eigenvalue weighted by molar-refractivity contribution is 5.69. The van der Waals surface area contributed by atoms with E-state index in [9.17, 15) is 4.79 Å². The molecule has 0 aliphatic heterocycles. The van der Waals surface area contributed by atoms with E-state index in [1.807, 2.05) is 24.7 Å². The van der Waals surface area contributed by atoms with Crippen LogP contribution in [-0.2, 0) is 18.3 Å². The van der Waals surface area contributed by atoms with Crippen molar-refractivity contribution in [2.45, 2.75) is 26.7 Å². The van der Waals surface area contributed by atoms with E-state index in [-0.39, 0.29) is 11.8 Å². The number of nitrogens with zero attached hydrogens (tertiary/aromatic N) is 2. The Morgan fingerprint density at radius 2 is 2.27 bits per heavy atom. The van der Waals surface area contributed by atoms with Gasteiger partial charge in [-0.25, -0.2) is 0 Å². The van der Waals surface area contributed by atoms with Crippen LogP contribution in [0, 0.1) is 11.8 Å². The summed E-state index contributed by atoms with van der Waals surface area (Å²) in [6.45, 7) is 3.74. The Kier molecular flexibility index (Phi) is 3.88.